The van der Waals surface area contributed by atoms with E-state index in [0.29, 0.717) is 16.6 Å². The van der Waals surface area contributed by atoms with Crippen molar-refractivity contribution in [3.63, 3.8) is 0 Å². The molecule has 0 N–H and O–H groups in total. The molecule has 0 saturated heterocycles. The number of hydrogen-bond acceptors (Lipinski definition) is 3. The van der Waals surface area contributed by atoms with Gasteiger partial charge in [0.05, 0.1) is 15.6 Å². The molecule has 0 spiro atoms. The van der Waals surface area contributed by atoms with Crippen LogP contribution in [0.1, 0.15) is 10.4 Å². The van der Waals surface area contributed by atoms with Crippen LogP contribution in [0.3, 0.4) is 0 Å². The van der Waals surface area contributed by atoms with Crippen LogP contribution in [0, 0.1) is 0 Å². The van der Waals surface area contributed by atoms with Crippen molar-refractivity contribution in [2.45, 2.75) is 0 Å². The Morgan fingerprint density at radius 2 is 1.71 bits per heavy atom. The van der Waals surface area contributed by atoms with Crippen molar-refractivity contribution in [1.29, 1.82) is 0 Å². The van der Waals surface area contributed by atoms with Crippen LogP contribution in [-0.2, 0) is 4.79 Å². The van der Waals surface area contributed by atoms with Crippen molar-refractivity contribution in [3.8, 4) is 0 Å². The van der Waals surface area contributed by atoms with E-state index in [1.165, 1.54) is 11.3 Å². The lowest BCUT2D eigenvalue weighted by molar-refractivity contribution is -0.113. The highest BCUT2D eigenvalue weighted by Gasteiger charge is 2.35. The van der Waals surface area contributed by atoms with Gasteiger partial charge in [0.15, 0.2) is 5.84 Å². The van der Waals surface area contributed by atoms with Gasteiger partial charge in [-0.25, -0.2) is 4.99 Å². The van der Waals surface area contributed by atoms with Crippen molar-refractivity contribution in [2.75, 3.05) is 4.90 Å². The zero-order valence-electron chi connectivity index (χ0n) is 15.9. The SMILES string of the molecule is O=C1/C(=C\c2ccc(Br)cc2)N=C(c2sc3ccccc3c2Cl)N1c1cccc(Br)c1. The van der Waals surface area contributed by atoms with Crippen LogP contribution < -0.4 is 4.90 Å². The summed E-state index contributed by atoms with van der Waals surface area (Å²) in [4.78, 5) is 20.6. The maximum Gasteiger partial charge on any atom is 0.282 e. The second kappa shape index (κ2) is 8.36. The molecule has 0 fully saturated rings. The number of carbonyl (C=O) groups excluding carboxylic acids is 1. The maximum atomic E-state index is 13.5. The number of benzene rings is 3. The number of anilines is 1. The van der Waals surface area contributed by atoms with E-state index in [1.54, 1.807) is 11.0 Å². The van der Waals surface area contributed by atoms with E-state index < -0.39 is 0 Å². The van der Waals surface area contributed by atoms with Gasteiger partial charge >= 0.3 is 0 Å². The van der Waals surface area contributed by atoms with Crippen LogP contribution in [0.15, 0.2) is 92.4 Å². The number of amides is 1. The summed E-state index contributed by atoms with van der Waals surface area (Å²) in [6.07, 6.45) is 1.80. The zero-order chi connectivity index (χ0) is 21.5. The van der Waals surface area contributed by atoms with Gasteiger partial charge in [-0.3, -0.25) is 9.69 Å². The Balaban J connectivity index is 1.69. The maximum absolute atomic E-state index is 13.5. The number of halogens is 3. The van der Waals surface area contributed by atoms with Gasteiger partial charge in [-0.15, -0.1) is 11.3 Å². The van der Waals surface area contributed by atoms with Crippen molar-refractivity contribution < 1.29 is 4.79 Å². The van der Waals surface area contributed by atoms with Gasteiger partial charge in [-0.2, -0.15) is 0 Å². The van der Waals surface area contributed by atoms with E-state index in [-0.39, 0.29) is 5.91 Å². The Kier molecular flexibility index (Phi) is 5.56. The normalized spacial score (nSPS) is 15.2. The van der Waals surface area contributed by atoms with Crippen LogP contribution in [0.25, 0.3) is 16.2 Å². The number of nitrogens with zero attached hydrogens (tertiary/aromatic N) is 2. The summed E-state index contributed by atoms with van der Waals surface area (Å²) < 4.78 is 2.91. The molecule has 5 rings (SSSR count). The number of rotatable bonds is 3. The topological polar surface area (TPSA) is 32.7 Å². The third-order valence-electron chi connectivity index (χ3n) is 4.84. The fourth-order valence-corrected chi connectivity index (χ4v) is 5.55. The average Bonchev–Trinajstić information content (AvgIpc) is 3.27. The summed E-state index contributed by atoms with van der Waals surface area (Å²) >= 11 is 15.2. The summed E-state index contributed by atoms with van der Waals surface area (Å²) in [5.74, 6) is 0.349. The molecule has 0 radical (unpaired) electrons. The van der Waals surface area contributed by atoms with Crippen LogP contribution in [0.4, 0.5) is 5.69 Å². The van der Waals surface area contributed by atoms with Gasteiger partial charge in [0.2, 0.25) is 0 Å². The first-order chi connectivity index (χ1) is 15.0. The number of hydrogen-bond donors (Lipinski definition) is 0. The predicted molar refractivity (Wildman–Crippen MR) is 137 cm³/mol. The van der Waals surface area contributed by atoms with E-state index in [1.807, 2.05) is 72.8 Å². The first-order valence-corrected chi connectivity index (χ1v) is 12.1. The monoisotopic (exact) mass is 570 g/mol. The first-order valence-electron chi connectivity index (χ1n) is 9.34. The summed E-state index contributed by atoms with van der Waals surface area (Å²) in [5, 5.41) is 1.57. The largest absolute Gasteiger partial charge is 0.282 e. The van der Waals surface area contributed by atoms with Crippen LogP contribution in [0.2, 0.25) is 5.02 Å². The lowest BCUT2D eigenvalue weighted by atomic mass is 10.2. The molecule has 0 aliphatic carbocycles. The van der Waals surface area contributed by atoms with E-state index >= 15 is 0 Å². The predicted octanol–water partition coefficient (Wildman–Crippen LogP) is 7.91. The molecule has 0 bridgehead atoms. The number of aliphatic imine (C=N–C) groups is 1. The fourth-order valence-electron chi connectivity index (χ4n) is 3.40. The van der Waals surface area contributed by atoms with Gasteiger partial charge < -0.3 is 0 Å². The van der Waals surface area contributed by atoms with Crippen molar-refractivity contribution in [2.24, 2.45) is 4.99 Å². The summed E-state index contributed by atoms with van der Waals surface area (Å²) in [6.45, 7) is 0. The molecule has 0 saturated carbocycles. The standard InChI is InChI=1S/C24H13Br2ClN2OS/c25-15-10-8-14(9-11-15)12-19-24(30)29(17-5-3-4-16(26)13-17)23(28-19)22-21(27)18-6-1-2-7-20(18)31-22/h1-13H/b19-12+. The van der Waals surface area contributed by atoms with E-state index in [0.717, 1.165) is 35.2 Å². The van der Waals surface area contributed by atoms with Gasteiger partial charge in [-0.05, 0) is 48.0 Å². The van der Waals surface area contributed by atoms with Crippen molar-refractivity contribution in [1.82, 2.24) is 0 Å². The first kappa shape index (κ1) is 20.6. The molecule has 1 aliphatic heterocycles. The number of amidine groups is 1. The summed E-state index contributed by atoms with van der Waals surface area (Å²) in [6, 6.07) is 23.3. The minimum Gasteiger partial charge on any atom is -0.266 e. The van der Waals surface area contributed by atoms with Gasteiger partial charge in [-0.1, -0.05) is 79.9 Å². The van der Waals surface area contributed by atoms with Gasteiger partial charge in [0.25, 0.3) is 5.91 Å². The molecule has 3 nitrogen and oxygen atoms in total. The molecule has 0 atom stereocenters. The minimum absolute atomic E-state index is 0.190. The van der Waals surface area contributed by atoms with Crippen LogP contribution >= 0.6 is 54.8 Å². The molecule has 1 aliphatic rings. The molecule has 1 amide bonds. The highest BCUT2D eigenvalue weighted by atomic mass is 79.9. The number of carbonyl (C=O) groups is 1. The quantitative estimate of drug-likeness (QED) is 0.230. The number of fused-ring (bicyclic) bond motifs is 1. The molecule has 152 valence electrons. The molecule has 2 heterocycles. The van der Waals surface area contributed by atoms with E-state index in [2.05, 4.69) is 31.9 Å². The van der Waals surface area contributed by atoms with Gasteiger partial charge in [0.1, 0.15) is 5.70 Å². The molecular formula is C24H13Br2ClN2OS. The Morgan fingerprint density at radius 3 is 2.45 bits per heavy atom. The van der Waals surface area contributed by atoms with Gasteiger partial charge in [0, 0.05) is 19.0 Å². The lowest BCUT2D eigenvalue weighted by Gasteiger charge is -2.18. The average molecular weight is 573 g/mol. The molecular weight excluding hydrogens is 560 g/mol. The van der Waals surface area contributed by atoms with E-state index in [4.69, 9.17) is 16.6 Å². The Hall–Kier alpha value is -2.25. The second-order valence-corrected chi connectivity index (χ2v) is 10.1. The Bertz CT molecular complexity index is 1390. The molecule has 4 aromatic rings. The minimum atomic E-state index is -0.190. The Morgan fingerprint density at radius 1 is 0.935 bits per heavy atom. The zero-order valence-corrected chi connectivity index (χ0v) is 20.6. The second-order valence-electron chi connectivity index (χ2n) is 6.88. The highest BCUT2D eigenvalue weighted by molar-refractivity contribution is 9.10. The fraction of sp³-hybridized carbons (Fsp3) is 0. The molecule has 7 heteroatoms. The van der Waals surface area contributed by atoms with Crippen LogP contribution in [-0.4, -0.2) is 11.7 Å². The Labute approximate surface area is 204 Å². The molecule has 0 unspecified atom stereocenters. The van der Waals surface area contributed by atoms with Crippen molar-refractivity contribution >= 4 is 88.4 Å². The van der Waals surface area contributed by atoms with E-state index in [9.17, 15) is 4.79 Å². The third-order valence-corrected chi connectivity index (χ3v) is 7.53. The highest BCUT2D eigenvalue weighted by Crippen LogP contribution is 2.39. The lowest BCUT2D eigenvalue weighted by Crippen LogP contribution is -2.32. The third kappa shape index (κ3) is 3.89. The molecule has 31 heavy (non-hydrogen) atoms. The summed E-state index contributed by atoms with van der Waals surface area (Å²) in [7, 11) is 0. The van der Waals surface area contributed by atoms with Crippen LogP contribution in [0.5, 0.6) is 0 Å². The summed E-state index contributed by atoms with van der Waals surface area (Å²) in [5.41, 5.74) is 1.99. The van der Waals surface area contributed by atoms with Crippen molar-refractivity contribution in [3.05, 3.63) is 103 Å². The number of thiophene rings is 1. The molecule has 3 aromatic carbocycles. The molecule has 1 aromatic heterocycles. The smallest absolute Gasteiger partial charge is 0.266 e.